The Morgan fingerprint density at radius 1 is 1.16 bits per heavy atom. The van der Waals surface area contributed by atoms with Gasteiger partial charge in [-0.05, 0) is 29.8 Å². The first kappa shape index (κ1) is 16.5. The van der Waals surface area contributed by atoms with Crippen LogP contribution in [-0.4, -0.2) is 24.2 Å². The highest BCUT2D eigenvalue weighted by molar-refractivity contribution is 6.06. The number of phenolic OH excluding ortho intramolecular Hbond substituents is 1. The molecule has 7 nitrogen and oxygen atoms in total. The minimum atomic E-state index is -0.678. The Balaban J connectivity index is 2.29. The van der Waals surface area contributed by atoms with Gasteiger partial charge >= 0.3 is 11.9 Å². The van der Waals surface area contributed by atoms with Crippen molar-refractivity contribution in [2.45, 2.75) is 13.5 Å². The maximum Gasteiger partial charge on any atom is 0.338 e. The van der Waals surface area contributed by atoms with E-state index < -0.39 is 17.4 Å². The van der Waals surface area contributed by atoms with E-state index in [4.69, 9.17) is 9.15 Å². The Morgan fingerprint density at radius 2 is 1.92 bits per heavy atom. The third-order valence-electron chi connectivity index (χ3n) is 3.69. The molecule has 128 valence electrons. The van der Waals surface area contributed by atoms with Crippen molar-refractivity contribution in [3.05, 3.63) is 51.7 Å². The predicted octanol–water partition coefficient (Wildman–Crippen LogP) is 2.50. The Morgan fingerprint density at radius 3 is 2.60 bits per heavy atom. The van der Waals surface area contributed by atoms with Crippen LogP contribution in [0.4, 0.5) is 0 Å². The maximum atomic E-state index is 12.8. The number of ether oxygens (including phenoxy) is 2. The second-order valence-corrected chi connectivity index (χ2v) is 5.37. The quantitative estimate of drug-likeness (QED) is 0.576. The number of aromatic hydroxyl groups is 1. The fourth-order valence-corrected chi connectivity index (χ4v) is 2.61. The largest absolute Gasteiger partial charge is 0.507 e. The number of methoxy groups -OCH3 is 1. The number of fused-ring (bicyclic) bond motifs is 2. The summed E-state index contributed by atoms with van der Waals surface area (Å²) >= 11 is 0. The molecule has 0 fully saturated rings. The third-order valence-corrected chi connectivity index (χ3v) is 3.69. The Labute approximate surface area is 141 Å². The summed E-state index contributed by atoms with van der Waals surface area (Å²) < 4.78 is 15.3. The van der Waals surface area contributed by atoms with Crippen molar-refractivity contribution in [1.29, 1.82) is 0 Å². The van der Waals surface area contributed by atoms with E-state index in [1.54, 1.807) is 12.1 Å². The van der Waals surface area contributed by atoms with E-state index in [9.17, 15) is 19.5 Å². The van der Waals surface area contributed by atoms with Crippen molar-refractivity contribution in [1.82, 2.24) is 0 Å². The van der Waals surface area contributed by atoms with Crippen molar-refractivity contribution < 1.29 is 28.6 Å². The highest BCUT2D eigenvalue weighted by atomic mass is 16.5. The van der Waals surface area contributed by atoms with Crippen LogP contribution < -0.4 is 5.43 Å². The first-order chi connectivity index (χ1) is 11.9. The van der Waals surface area contributed by atoms with Crippen molar-refractivity contribution in [2.24, 2.45) is 0 Å². The normalized spacial score (nSPS) is 10.8. The molecule has 3 aromatic rings. The summed E-state index contributed by atoms with van der Waals surface area (Å²) in [7, 11) is 1.21. The molecule has 7 heteroatoms. The summed E-state index contributed by atoms with van der Waals surface area (Å²) in [4.78, 5) is 35.6. The van der Waals surface area contributed by atoms with Gasteiger partial charge < -0.3 is 19.0 Å². The van der Waals surface area contributed by atoms with Crippen LogP contribution in [-0.2, 0) is 20.9 Å². The number of benzene rings is 2. The van der Waals surface area contributed by atoms with E-state index in [0.717, 1.165) is 0 Å². The van der Waals surface area contributed by atoms with Crippen molar-refractivity contribution in [2.75, 3.05) is 7.11 Å². The molecule has 0 saturated carbocycles. The Bertz CT molecular complexity index is 1060. The van der Waals surface area contributed by atoms with E-state index in [2.05, 4.69) is 4.74 Å². The predicted molar refractivity (Wildman–Crippen MR) is 88.5 cm³/mol. The molecule has 3 rings (SSSR count). The minimum absolute atomic E-state index is 0.0323. The van der Waals surface area contributed by atoms with Gasteiger partial charge in [-0.15, -0.1) is 0 Å². The second kappa shape index (κ2) is 6.27. The molecule has 0 radical (unpaired) electrons. The fourth-order valence-electron chi connectivity index (χ4n) is 2.61. The third kappa shape index (κ3) is 2.91. The molecule has 1 aromatic heterocycles. The number of hydrogen-bond donors (Lipinski definition) is 1. The van der Waals surface area contributed by atoms with Crippen LogP contribution in [0.2, 0.25) is 0 Å². The summed E-state index contributed by atoms with van der Waals surface area (Å²) in [6, 6.07) is 7.37. The fraction of sp³-hybridized carbons (Fsp3) is 0.167. The van der Waals surface area contributed by atoms with E-state index in [0.29, 0.717) is 5.56 Å². The van der Waals surface area contributed by atoms with E-state index in [-0.39, 0.29) is 39.9 Å². The molecule has 0 spiro atoms. The van der Waals surface area contributed by atoms with Crippen LogP contribution in [0.15, 0.2) is 39.5 Å². The SMILES string of the molecule is COC(=O)c1cccc2oc3cc(COC(C)=O)cc(O)c3c(=O)c12. The van der Waals surface area contributed by atoms with Crippen LogP contribution in [0.3, 0.4) is 0 Å². The summed E-state index contributed by atoms with van der Waals surface area (Å²) in [5.74, 6) is -1.47. The van der Waals surface area contributed by atoms with Crippen LogP contribution in [0.5, 0.6) is 5.75 Å². The van der Waals surface area contributed by atoms with Gasteiger partial charge in [0.25, 0.3) is 0 Å². The summed E-state index contributed by atoms with van der Waals surface area (Å²) in [5, 5.41) is 10.2. The van der Waals surface area contributed by atoms with Gasteiger partial charge in [0, 0.05) is 6.92 Å². The monoisotopic (exact) mass is 342 g/mol. The first-order valence-corrected chi connectivity index (χ1v) is 7.35. The summed E-state index contributed by atoms with van der Waals surface area (Å²) in [6.07, 6.45) is 0. The Kier molecular flexibility index (Phi) is 4.14. The van der Waals surface area contributed by atoms with Crippen molar-refractivity contribution in [3.8, 4) is 5.75 Å². The van der Waals surface area contributed by atoms with Gasteiger partial charge in [0.2, 0.25) is 5.43 Å². The molecule has 0 amide bonds. The topological polar surface area (TPSA) is 103 Å². The molecule has 1 N–H and O–H groups in total. The zero-order valence-corrected chi connectivity index (χ0v) is 13.5. The first-order valence-electron chi connectivity index (χ1n) is 7.35. The van der Waals surface area contributed by atoms with Gasteiger partial charge in [0.05, 0.1) is 18.1 Å². The molecular formula is C18H14O7. The molecule has 0 aliphatic heterocycles. The number of hydrogen-bond acceptors (Lipinski definition) is 7. The van der Waals surface area contributed by atoms with Crippen LogP contribution in [0.25, 0.3) is 21.9 Å². The van der Waals surface area contributed by atoms with Gasteiger partial charge in [-0.25, -0.2) is 4.79 Å². The average molecular weight is 342 g/mol. The number of carbonyl (C=O) groups excluding carboxylic acids is 2. The summed E-state index contributed by atoms with van der Waals surface area (Å²) in [6.45, 7) is 1.20. The van der Waals surface area contributed by atoms with E-state index in [1.807, 2.05) is 0 Å². The van der Waals surface area contributed by atoms with E-state index >= 15 is 0 Å². The van der Waals surface area contributed by atoms with Gasteiger partial charge in [-0.3, -0.25) is 9.59 Å². The molecule has 0 bridgehead atoms. The minimum Gasteiger partial charge on any atom is -0.507 e. The van der Waals surface area contributed by atoms with Gasteiger partial charge in [0.1, 0.15) is 28.9 Å². The lowest BCUT2D eigenvalue weighted by molar-refractivity contribution is -0.142. The second-order valence-electron chi connectivity index (χ2n) is 5.37. The molecule has 2 aromatic carbocycles. The maximum absolute atomic E-state index is 12.8. The summed E-state index contributed by atoms with van der Waals surface area (Å²) in [5.41, 5.74) is 0.283. The molecular weight excluding hydrogens is 328 g/mol. The molecule has 0 unspecified atom stereocenters. The number of phenols is 1. The number of carbonyl (C=O) groups is 2. The van der Waals surface area contributed by atoms with Gasteiger partial charge in [0.15, 0.2) is 0 Å². The molecule has 0 atom stereocenters. The van der Waals surface area contributed by atoms with Gasteiger partial charge in [-0.2, -0.15) is 0 Å². The molecule has 25 heavy (non-hydrogen) atoms. The van der Waals surface area contributed by atoms with Crippen LogP contribution in [0, 0.1) is 0 Å². The zero-order chi connectivity index (χ0) is 18.1. The van der Waals surface area contributed by atoms with Gasteiger partial charge in [-0.1, -0.05) is 6.07 Å². The average Bonchev–Trinajstić information content (AvgIpc) is 2.58. The smallest absolute Gasteiger partial charge is 0.338 e. The van der Waals surface area contributed by atoms with Crippen LogP contribution in [0.1, 0.15) is 22.8 Å². The molecule has 0 aliphatic rings. The number of rotatable bonds is 3. The molecule has 0 saturated heterocycles. The lowest BCUT2D eigenvalue weighted by Gasteiger charge is -2.09. The van der Waals surface area contributed by atoms with E-state index in [1.165, 1.54) is 32.2 Å². The standard InChI is InChI=1S/C18H14O7/c1-9(19)24-8-10-6-12(20)16-14(7-10)25-13-5-3-4-11(18(22)23-2)15(13)17(16)21/h3-7,20H,8H2,1-2H3. The highest BCUT2D eigenvalue weighted by Gasteiger charge is 2.19. The lowest BCUT2D eigenvalue weighted by atomic mass is 10.0. The van der Waals surface area contributed by atoms with Crippen LogP contribution >= 0.6 is 0 Å². The highest BCUT2D eigenvalue weighted by Crippen LogP contribution is 2.28. The zero-order valence-electron chi connectivity index (χ0n) is 13.5. The number of esters is 2. The molecule has 1 heterocycles. The lowest BCUT2D eigenvalue weighted by Crippen LogP contribution is -2.10. The van der Waals surface area contributed by atoms with Crippen molar-refractivity contribution >= 4 is 33.9 Å². The van der Waals surface area contributed by atoms with Crippen molar-refractivity contribution in [3.63, 3.8) is 0 Å². The Hall–Kier alpha value is -3.35. The molecule has 0 aliphatic carbocycles.